The standard InChI is InChI=1S/C14H17ClN4O/c1-2-13(10-4-3-5-11(15)6-10)18-12-7-17-19(8-12)9-14(16)20/h3-8,13,18H,2,9H2,1H3,(H2,16,20). The molecule has 1 aromatic heterocycles. The monoisotopic (exact) mass is 292 g/mol. The molecule has 106 valence electrons. The van der Waals surface area contributed by atoms with Gasteiger partial charge in [-0.15, -0.1) is 0 Å². The minimum absolute atomic E-state index is 0.0790. The van der Waals surface area contributed by atoms with Crippen molar-refractivity contribution in [3.8, 4) is 0 Å². The van der Waals surface area contributed by atoms with E-state index in [1.54, 1.807) is 12.4 Å². The molecule has 0 saturated heterocycles. The second-order valence-electron chi connectivity index (χ2n) is 4.55. The number of halogens is 1. The third kappa shape index (κ3) is 3.74. The summed E-state index contributed by atoms with van der Waals surface area (Å²) in [6.07, 6.45) is 4.34. The van der Waals surface area contributed by atoms with E-state index < -0.39 is 5.91 Å². The molecule has 5 nitrogen and oxygen atoms in total. The molecule has 0 aliphatic heterocycles. The van der Waals surface area contributed by atoms with E-state index >= 15 is 0 Å². The van der Waals surface area contributed by atoms with Crippen LogP contribution in [-0.2, 0) is 11.3 Å². The van der Waals surface area contributed by atoms with Gasteiger partial charge < -0.3 is 11.1 Å². The first-order valence-electron chi connectivity index (χ1n) is 6.41. The predicted molar refractivity (Wildman–Crippen MR) is 79.5 cm³/mol. The first kappa shape index (κ1) is 14.4. The van der Waals surface area contributed by atoms with Crippen molar-refractivity contribution < 1.29 is 4.79 Å². The number of rotatable bonds is 6. The third-order valence-electron chi connectivity index (χ3n) is 2.95. The molecule has 0 radical (unpaired) electrons. The molecule has 0 aliphatic carbocycles. The van der Waals surface area contributed by atoms with Crippen LogP contribution in [0.4, 0.5) is 5.69 Å². The van der Waals surface area contributed by atoms with Gasteiger partial charge in [-0.2, -0.15) is 5.10 Å². The van der Waals surface area contributed by atoms with Crippen LogP contribution in [0.15, 0.2) is 36.7 Å². The van der Waals surface area contributed by atoms with E-state index in [1.807, 2.05) is 24.3 Å². The number of nitrogens with zero attached hydrogens (tertiary/aromatic N) is 2. The minimum Gasteiger partial charge on any atom is -0.376 e. The highest BCUT2D eigenvalue weighted by Crippen LogP contribution is 2.24. The van der Waals surface area contributed by atoms with Crippen molar-refractivity contribution in [1.82, 2.24) is 9.78 Å². The van der Waals surface area contributed by atoms with Gasteiger partial charge in [0.25, 0.3) is 0 Å². The van der Waals surface area contributed by atoms with Gasteiger partial charge in [0.1, 0.15) is 6.54 Å². The van der Waals surface area contributed by atoms with E-state index in [0.717, 1.165) is 17.7 Å². The van der Waals surface area contributed by atoms with Gasteiger partial charge in [0.15, 0.2) is 0 Å². The van der Waals surface area contributed by atoms with Gasteiger partial charge in [0.2, 0.25) is 5.91 Å². The fraction of sp³-hybridized carbons (Fsp3) is 0.286. The summed E-state index contributed by atoms with van der Waals surface area (Å²) < 4.78 is 1.51. The molecule has 3 N–H and O–H groups in total. The summed E-state index contributed by atoms with van der Waals surface area (Å²) >= 11 is 6.01. The van der Waals surface area contributed by atoms with Crippen molar-refractivity contribution in [3.63, 3.8) is 0 Å². The van der Waals surface area contributed by atoms with Gasteiger partial charge in [-0.05, 0) is 24.1 Å². The lowest BCUT2D eigenvalue weighted by Gasteiger charge is -2.17. The summed E-state index contributed by atoms with van der Waals surface area (Å²) in [7, 11) is 0. The fourth-order valence-corrected chi connectivity index (χ4v) is 2.23. The predicted octanol–water partition coefficient (Wildman–Crippen LogP) is 2.58. The second kappa shape index (κ2) is 6.43. The van der Waals surface area contributed by atoms with Crippen LogP contribution >= 0.6 is 11.6 Å². The first-order valence-corrected chi connectivity index (χ1v) is 6.79. The highest BCUT2D eigenvalue weighted by molar-refractivity contribution is 6.30. The highest BCUT2D eigenvalue weighted by Gasteiger charge is 2.11. The molecule has 0 spiro atoms. The van der Waals surface area contributed by atoms with Crippen molar-refractivity contribution in [3.05, 3.63) is 47.2 Å². The number of nitrogens with two attached hydrogens (primary N) is 1. The molecule has 0 bridgehead atoms. The molecule has 1 unspecified atom stereocenters. The number of primary amides is 1. The Balaban J connectivity index is 2.10. The lowest BCUT2D eigenvalue weighted by molar-refractivity contribution is -0.118. The molecule has 1 amide bonds. The number of benzene rings is 1. The van der Waals surface area contributed by atoms with Crippen molar-refractivity contribution in [2.45, 2.75) is 25.9 Å². The topological polar surface area (TPSA) is 72.9 Å². The van der Waals surface area contributed by atoms with Crippen LogP contribution in [0.3, 0.4) is 0 Å². The maximum atomic E-state index is 10.8. The van der Waals surface area contributed by atoms with Crippen LogP contribution < -0.4 is 11.1 Å². The normalized spacial score (nSPS) is 12.1. The molecular formula is C14H17ClN4O. The number of nitrogens with one attached hydrogen (secondary N) is 1. The van der Waals surface area contributed by atoms with Gasteiger partial charge in [0, 0.05) is 11.2 Å². The molecule has 0 fully saturated rings. The largest absolute Gasteiger partial charge is 0.376 e. The van der Waals surface area contributed by atoms with E-state index in [2.05, 4.69) is 17.3 Å². The Morgan fingerprint density at radius 2 is 2.35 bits per heavy atom. The van der Waals surface area contributed by atoms with Crippen molar-refractivity contribution in [2.75, 3.05) is 5.32 Å². The number of carbonyl (C=O) groups excluding carboxylic acids is 1. The molecular weight excluding hydrogens is 276 g/mol. The van der Waals surface area contributed by atoms with E-state index in [-0.39, 0.29) is 12.6 Å². The fourth-order valence-electron chi connectivity index (χ4n) is 2.03. The number of aromatic nitrogens is 2. The summed E-state index contributed by atoms with van der Waals surface area (Å²) in [5.41, 5.74) is 7.09. The Morgan fingerprint density at radius 1 is 1.55 bits per heavy atom. The minimum atomic E-state index is -0.415. The molecule has 20 heavy (non-hydrogen) atoms. The Bertz CT molecular complexity index is 596. The Morgan fingerprint density at radius 3 is 3.00 bits per heavy atom. The van der Waals surface area contributed by atoms with Crippen LogP contribution in [0.1, 0.15) is 24.9 Å². The molecule has 1 aromatic carbocycles. The van der Waals surface area contributed by atoms with Crippen LogP contribution in [-0.4, -0.2) is 15.7 Å². The quantitative estimate of drug-likeness (QED) is 0.859. The summed E-state index contributed by atoms with van der Waals surface area (Å²) in [5.74, 6) is -0.415. The van der Waals surface area contributed by atoms with E-state index in [9.17, 15) is 4.79 Å². The zero-order chi connectivity index (χ0) is 14.5. The number of anilines is 1. The van der Waals surface area contributed by atoms with E-state index in [4.69, 9.17) is 17.3 Å². The van der Waals surface area contributed by atoms with Crippen LogP contribution in [0, 0.1) is 0 Å². The Kier molecular flexibility index (Phi) is 4.63. The number of amides is 1. The maximum Gasteiger partial charge on any atom is 0.239 e. The lowest BCUT2D eigenvalue weighted by atomic mass is 10.0. The summed E-state index contributed by atoms with van der Waals surface area (Å²) in [5, 5.41) is 8.17. The Labute approximate surface area is 122 Å². The summed E-state index contributed by atoms with van der Waals surface area (Å²) in [4.78, 5) is 10.8. The van der Waals surface area contributed by atoms with Crippen LogP contribution in [0.25, 0.3) is 0 Å². The zero-order valence-corrected chi connectivity index (χ0v) is 12.0. The van der Waals surface area contributed by atoms with Crippen molar-refractivity contribution in [1.29, 1.82) is 0 Å². The smallest absolute Gasteiger partial charge is 0.239 e. The average molecular weight is 293 g/mol. The van der Waals surface area contributed by atoms with Crippen molar-refractivity contribution in [2.24, 2.45) is 5.73 Å². The maximum absolute atomic E-state index is 10.8. The second-order valence-corrected chi connectivity index (χ2v) is 4.99. The van der Waals surface area contributed by atoms with Gasteiger partial charge in [-0.25, -0.2) is 0 Å². The van der Waals surface area contributed by atoms with E-state index in [0.29, 0.717) is 5.02 Å². The van der Waals surface area contributed by atoms with Gasteiger partial charge >= 0.3 is 0 Å². The van der Waals surface area contributed by atoms with E-state index in [1.165, 1.54) is 4.68 Å². The van der Waals surface area contributed by atoms with Crippen molar-refractivity contribution >= 4 is 23.2 Å². The molecule has 0 aliphatic rings. The van der Waals surface area contributed by atoms with Gasteiger partial charge in [-0.3, -0.25) is 9.48 Å². The number of hydrogen-bond acceptors (Lipinski definition) is 3. The molecule has 1 heterocycles. The van der Waals surface area contributed by atoms with Crippen LogP contribution in [0.2, 0.25) is 5.02 Å². The lowest BCUT2D eigenvalue weighted by Crippen LogP contribution is -2.18. The number of hydrogen-bond donors (Lipinski definition) is 2. The summed E-state index contributed by atoms with van der Waals surface area (Å²) in [6.45, 7) is 2.17. The molecule has 0 saturated carbocycles. The molecule has 2 rings (SSSR count). The third-order valence-corrected chi connectivity index (χ3v) is 3.19. The number of carbonyl (C=O) groups is 1. The van der Waals surface area contributed by atoms with Gasteiger partial charge in [0.05, 0.1) is 17.9 Å². The molecule has 1 atom stereocenters. The highest BCUT2D eigenvalue weighted by atomic mass is 35.5. The SMILES string of the molecule is CCC(Nc1cnn(CC(N)=O)c1)c1cccc(Cl)c1. The average Bonchev–Trinajstić information content (AvgIpc) is 2.82. The zero-order valence-electron chi connectivity index (χ0n) is 11.2. The Hall–Kier alpha value is -2.01. The van der Waals surface area contributed by atoms with Crippen LogP contribution in [0.5, 0.6) is 0 Å². The molecule has 2 aromatic rings. The van der Waals surface area contributed by atoms with Gasteiger partial charge in [-0.1, -0.05) is 30.7 Å². The molecule has 6 heteroatoms. The summed E-state index contributed by atoms with van der Waals surface area (Å²) in [6, 6.07) is 7.89. The first-order chi connectivity index (χ1) is 9.58.